The van der Waals surface area contributed by atoms with Crippen LogP contribution in [0, 0.1) is 0 Å². The van der Waals surface area contributed by atoms with Crippen LogP contribution in [0.2, 0.25) is 0 Å². The lowest BCUT2D eigenvalue weighted by Crippen LogP contribution is -2.24. The summed E-state index contributed by atoms with van der Waals surface area (Å²) in [6.45, 7) is 0. The number of fused-ring (bicyclic) bond motifs is 5. The number of benzene rings is 7. The fourth-order valence-corrected chi connectivity index (χ4v) is 10.5. The molecule has 0 N–H and O–H groups in total. The molecule has 55 heavy (non-hydrogen) atoms. The van der Waals surface area contributed by atoms with E-state index >= 15 is 0 Å². The van der Waals surface area contributed by atoms with Gasteiger partial charge >= 0.3 is 0 Å². The summed E-state index contributed by atoms with van der Waals surface area (Å²) in [5.41, 5.74) is 10.0. The number of aromatic nitrogens is 3. The highest BCUT2D eigenvalue weighted by Gasteiger charge is 2.29. The van der Waals surface area contributed by atoms with E-state index in [0.29, 0.717) is 0 Å². The number of hydrogen-bond acceptors (Lipinski definition) is 3. The van der Waals surface area contributed by atoms with Gasteiger partial charge in [-0.15, -0.1) is 0 Å². The van der Waals surface area contributed by atoms with Crippen LogP contribution in [0.4, 0.5) is 0 Å². The lowest BCUT2D eigenvalue weighted by molar-refractivity contribution is 0.592. The molecule has 0 spiro atoms. The SMILES string of the molecule is O=P(c1ccccc1)(c1ccccc1)c1ccc(-c2ccc(-c3c(-c4ccccc4)nc4c5c(ccn34)c(-c3ccccc3)nc3ccccc35)cc2)cc1. The number of imidazole rings is 1. The van der Waals surface area contributed by atoms with E-state index in [1.165, 1.54) is 0 Å². The van der Waals surface area contributed by atoms with Crippen LogP contribution in [-0.2, 0) is 4.57 Å². The second kappa shape index (κ2) is 13.5. The lowest BCUT2D eigenvalue weighted by Gasteiger charge is -2.20. The zero-order valence-corrected chi connectivity index (χ0v) is 30.7. The number of hydrogen-bond donors (Lipinski definition) is 0. The van der Waals surface area contributed by atoms with Crippen LogP contribution in [0.15, 0.2) is 206 Å². The number of nitrogens with zero attached hydrogens (tertiary/aromatic N) is 3. The highest BCUT2D eigenvalue weighted by Crippen LogP contribution is 2.43. The van der Waals surface area contributed by atoms with E-state index in [2.05, 4.69) is 120 Å². The van der Waals surface area contributed by atoms with Crippen molar-refractivity contribution in [1.82, 2.24) is 14.4 Å². The van der Waals surface area contributed by atoms with Gasteiger partial charge in [0.25, 0.3) is 0 Å². The van der Waals surface area contributed by atoms with Gasteiger partial charge in [0.15, 0.2) is 7.14 Å². The Balaban J connectivity index is 1.10. The van der Waals surface area contributed by atoms with Gasteiger partial charge in [-0.1, -0.05) is 188 Å². The Kier molecular flexibility index (Phi) is 8.05. The molecule has 7 aromatic carbocycles. The Morgan fingerprint density at radius 2 is 0.855 bits per heavy atom. The van der Waals surface area contributed by atoms with E-state index in [-0.39, 0.29) is 0 Å². The molecule has 10 rings (SSSR count). The molecule has 3 heterocycles. The number of rotatable bonds is 7. The maximum atomic E-state index is 14.9. The zero-order chi connectivity index (χ0) is 36.8. The van der Waals surface area contributed by atoms with Crippen LogP contribution in [0.3, 0.4) is 0 Å². The van der Waals surface area contributed by atoms with Crippen LogP contribution in [-0.4, -0.2) is 14.4 Å². The Hall–Kier alpha value is -6.87. The summed E-state index contributed by atoms with van der Waals surface area (Å²) >= 11 is 0. The van der Waals surface area contributed by atoms with Gasteiger partial charge in [-0.3, -0.25) is 4.40 Å². The van der Waals surface area contributed by atoms with Crippen LogP contribution < -0.4 is 15.9 Å². The summed E-state index contributed by atoms with van der Waals surface area (Å²) in [4.78, 5) is 10.6. The van der Waals surface area contributed by atoms with Gasteiger partial charge in [-0.2, -0.15) is 0 Å². The Bertz CT molecular complexity index is 2970. The third-order valence-electron chi connectivity index (χ3n) is 10.5. The molecule has 0 amide bonds. The van der Waals surface area contributed by atoms with Crippen molar-refractivity contribution < 1.29 is 4.57 Å². The van der Waals surface area contributed by atoms with E-state index in [4.69, 9.17) is 9.97 Å². The molecule has 0 saturated carbocycles. The second-order valence-electron chi connectivity index (χ2n) is 13.7. The van der Waals surface area contributed by atoms with Crippen molar-refractivity contribution in [2.24, 2.45) is 0 Å². The molecule has 260 valence electrons. The molecular weight excluding hydrogens is 690 g/mol. The lowest BCUT2D eigenvalue weighted by atomic mass is 10.00. The smallest absolute Gasteiger partial charge is 0.171 e. The summed E-state index contributed by atoms with van der Waals surface area (Å²) in [5.74, 6) is 0. The Labute approximate surface area is 319 Å². The van der Waals surface area contributed by atoms with Crippen molar-refractivity contribution >= 4 is 50.4 Å². The van der Waals surface area contributed by atoms with E-state index in [9.17, 15) is 4.57 Å². The molecule has 0 fully saturated rings. The summed E-state index contributed by atoms with van der Waals surface area (Å²) in [5, 5.41) is 5.69. The minimum absolute atomic E-state index is 0.814. The molecule has 0 radical (unpaired) electrons. The minimum atomic E-state index is -3.05. The first-order chi connectivity index (χ1) is 27.2. The van der Waals surface area contributed by atoms with Gasteiger partial charge < -0.3 is 4.57 Å². The van der Waals surface area contributed by atoms with Crippen molar-refractivity contribution in [2.75, 3.05) is 0 Å². The fourth-order valence-electron chi connectivity index (χ4n) is 7.83. The molecule has 0 unspecified atom stereocenters. The molecule has 5 heteroatoms. The average molecular weight is 724 g/mol. The highest BCUT2D eigenvalue weighted by atomic mass is 31.2. The van der Waals surface area contributed by atoms with Crippen LogP contribution >= 0.6 is 7.14 Å². The van der Waals surface area contributed by atoms with E-state index in [1.807, 2.05) is 91.0 Å². The van der Waals surface area contributed by atoms with Gasteiger partial charge in [-0.25, -0.2) is 9.97 Å². The molecule has 0 atom stereocenters. The van der Waals surface area contributed by atoms with Crippen molar-refractivity contribution in [3.05, 3.63) is 206 Å². The second-order valence-corrected chi connectivity index (χ2v) is 16.5. The van der Waals surface area contributed by atoms with E-state index in [0.717, 1.165) is 88.1 Å². The first-order valence-corrected chi connectivity index (χ1v) is 20.1. The fraction of sp³-hybridized carbons (Fsp3) is 0. The molecule has 0 bridgehead atoms. The summed E-state index contributed by atoms with van der Waals surface area (Å²) in [6, 6.07) is 67.9. The monoisotopic (exact) mass is 723 g/mol. The maximum Gasteiger partial charge on any atom is 0.171 e. The van der Waals surface area contributed by atoms with Gasteiger partial charge in [-0.05, 0) is 23.3 Å². The normalized spacial score (nSPS) is 11.7. The molecule has 0 aliphatic heterocycles. The van der Waals surface area contributed by atoms with Crippen LogP contribution in [0.1, 0.15) is 0 Å². The summed E-state index contributed by atoms with van der Waals surface area (Å²) < 4.78 is 17.2. The molecule has 0 saturated heterocycles. The molecule has 0 aliphatic rings. The predicted molar refractivity (Wildman–Crippen MR) is 229 cm³/mol. The predicted octanol–water partition coefficient (Wildman–Crippen LogP) is 11.3. The van der Waals surface area contributed by atoms with Gasteiger partial charge in [0.1, 0.15) is 5.65 Å². The number of pyridine rings is 2. The molecule has 10 aromatic rings. The molecular formula is C50H34N3OP. The topological polar surface area (TPSA) is 47.3 Å². The standard InChI is InChI=1S/C50H34N3OP/c54-55(40-19-9-3-10-20-40,41-21-11-4-12-22-41)42-31-29-36(30-32-42)35-25-27-39(28-26-35)49-48(38-17-7-2-8-18-38)52-50-46-43-23-13-14-24-45(43)51-47(37-15-5-1-6-16-37)44(46)33-34-53(49)50/h1-34H. The van der Waals surface area contributed by atoms with Crippen molar-refractivity contribution in [1.29, 1.82) is 0 Å². The van der Waals surface area contributed by atoms with E-state index in [1.54, 1.807) is 0 Å². The average Bonchev–Trinajstić information content (AvgIpc) is 3.67. The van der Waals surface area contributed by atoms with Gasteiger partial charge in [0.2, 0.25) is 0 Å². The molecule has 3 aromatic heterocycles. The first kappa shape index (κ1) is 32.8. The van der Waals surface area contributed by atoms with Crippen LogP contribution in [0.5, 0.6) is 0 Å². The Morgan fingerprint density at radius 1 is 0.382 bits per heavy atom. The minimum Gasteiger partial charge on any atom is -0.309 e. The van der Waals surface area contributed by atoms with Crippen molar-refractivity contribution in [2.45, 2.75) is 0 Å². The highest BCUT2D eigenvalue weighted by molar-refractivity contribution is 7.85. The Morgan fingerprint density at radius 3 is 1.45 bits per heavy atom. The van der Waals surface area contributed by atoms with E-state index < -0.39 is 7.14 Å². The van der Waals surface area contributed by atoms with Crippen molar-refractivity contribution in [3.63, 3.8) is 0 Å². The summed E-state index contributed by atoms with van der Waals surface area (Å²) in [7, 11) is -3.05. The third kappa shape index (κ3) is 5.58. The van der Waals surface area contributed by atoms with Crippen molar-refractivity contribution in [3.8, 4) is 44.9 Å². The largest absolute Gasteiger partial charge is 0.309 e. The molecule has 0 aliphatic carbocycles. The summed E-state index contributed by atoms with van der Waals surface area (Å²) in [6.07, 6.45) is 2.14. The van der Waals surface area contributed by atoms with Crippen LogP contribution in [0.25, 0.3) is 72.2 Å². The maximum absolute atomic E-state index is 14.9. The first-order valence-electron chi connectivity index (χ1n) is 18.4. The quantitative estimate of drug-likeness (QED) is 0.121. The molecule has 4 nitrogen and oxygen atoms in total. The number of para-hydroxylation sites is 1. The zero-order valence-electron chi connectivity index (χ0n) is 29.8. The van der Waals surface area contributed by atoms with Gasteiger partial charge in [0, 0.05) is 55.0 Å². The van der Waals surface area contributed by atoms with Gasteiger partial charge in [0.05, 0.1) is 22.6 Å². The third-order valence-corrected chi connectivity index (χ3v) is 13.6.